The second-order valence-electron chi connectivity index (χ2n) is 4.01. The summed E-state index contributed by atoms with van der Waals surface area (Å²) in [6.07, 6.45) is 3.70. The molecule has 20 heavy (non-hydrogen) atoms. The Balaban J connectivity index is 1.87. The number of hydrogen-bond acceptors (Lipinski definition) is 3. The normalized spacial score (nSPS) is 10.6. The molecule has 0 bridgehead atoms. The van der Waals surface area contributed by atoms with Gasteiger partial charge in [0.1, 0.15) is 18.5 Å². The van der Waals surface area contributed by atoms with Crippen LogP contribution in [0.5, 0.6) is 0 Å². The summed E-state index contributed by atoms with van der Waals surface area (Å²) < 4.78 is 15.0. The van der Waals surface area contributed by atoms with Crippen LogP contribution in [0.15, 0.2) is 24.8 Å². The molecule has 0 saturated heterocycles. The van der Waals surface area contributed by atoms with Crippen molar-refractivity contribution in [3.05, 3.63) is 46.2 Å². The first-order chi connectivity index (χ1) is 9.58. The number of rotatable bonds is 5. The molecule has 0 aliphatic carbocycles. The molecule has 106 valence electrons. The van der Waals surface area contributed by atoms with E-state index in [-0.39, 0.29) is 15.6 Å². The fourth-order valence-corrected chi connectivity index (χ4v) is 2.05. The smallest absolute Gasteiger partial charge is 0.252 e. The summed E-state index contributed by atoms with van der Waals surface area (Å²) in [5, 5.41) is 6.59. The lowest BCUT2D eigenvalue weighted by molar-refractivity contribution is 0.0952. The summed E-state index contributed by atoms with van der Waals surface area (Å²) in [4.78, 5) is 15.7. The van der Waals surface area contributed by atoms with E-state index in [0.717, 1.165) is 6.07 Å². The average Bonchev–Trinajstić information content (AvgIpc) is 2.92. The molecule has 1 N–H and O–H groups in total. The molecule has 1 amide bonds. The van der Waals surface area contributed by atoms with Gasteiger partial charge in [0.25, 0.3) is 5.91 Å². The van der Waals surface area contributed by atoms with Crippen molar-refractivity contribution in [2.45, 2.75) is 13.0 Å². The second-order valence-corrected chi connectivity index (χ2v) is 4.83. The van der Waals surface area contributed by atoms with Gasteiger partial charge < -0.3 is 5.32 Å². The third kappa shape index (κ3) is 3.68. The lowest BCUT2D eigenvalue weighted by Crippen LogP contribution is -2.25. The topological polar surface area (TPSA) is 59.8 Å². The Bertz CT molecular complexity index is 604. The van der Waals surface area contributed by atoms with E-state index in [9.17, 15) is 9.18 Å². The van der Waals surface area contributed by atoms with Crippen LogP contribution in [-0.2, 0) is 6.54 Å². The maximum atomic E-state index is 13.3. The van der Waals surface area contributed by atoms with Gasteiger partial charge in [0, 0.05) is 13.1 Å². The zero-order valence-corrected chi connectivity index (χ0v) is 11.8. The van der Waals surface area contributed by atoms with Gasteiger partial charge in [0.2, 0.25) is 0 Å². The number of nitrogens with one attached hydrogen (secondary N) is 1. The minimum absolute atomic E-state index is 0.0642. The second kappa shape index (κ2) is 6.67. The quantitative estimate of drug-likeness (QED) is 0.681. The van der Waals surface area contributed by atoms with E-state index < -0.39 is 11.7 Å². The SMILES string of the molecule is O=C(NCCCn1cncn1)c1cc(F)c(Cl)cc1Cl. The molecule has 0 radical (unpaired) electrons. The summed E-state index contributed by atoms with van der Waals surface area (Å²) in [5.41, 5.74) is 0.0642. The minimum atomic E-state index is -0.677. The number of aryl methyl sites for hydroxylation is 1. The number of benzene rings is 1. The summed E-state index contributed by atoms with van der Waals surface area (Å²) in [7, 11) is 0. The lowest BCUT2D eigenvalue weighted by atomic mass is 10.2. The van der Waals surface area contributed by atoms with Gasteiger partial charge >= 0.3 is 0 Å². The molecule has 0 atom stereocenters. The molecule has 0 fully saturated rings. The molecule has 1 heterocycles. The van der Waals surface area contributed by atoms with Gasteiger partial charge in [-0.05, 0) is 18.6 Å². The van der Waals surface area contributed by atoms with Gasteiger partial charge in [-0.1, -0.05) is 23.2 Å². The molecule has 2 rings (SSSR count). The Hall–Kier alpha value is -1.66. The van der Waals surface area contributed by atoms with Gasteiger partial charge in [-0.3, -0.25) is 9.48 Å². The van der Waals surface area contributed by atoms with Gasteiger partial charge in [-0.2, -0.15) is 5.10 Å². The van der Waals surface area contributed by atoms with Crippen LogP contribution in [0.25, 0.3) is 0 Å². The van der Waals surface area contributed by atoms with E-state index >= 15 is 0 Å². The third-order valence-electron chi connectivity index (χ3n) is 2.57. The number of halogens is 3. The van der Waals surface area contributed by atoms with Crippen molar-refractivity contribution in [2.75, 3.05) is 6.54 Å². The number of hydrogen-bond donors (Lipinski definition) is 1. The third-order valence-corrected chi connectivity index (χ3v) is 3.17. The zero-order chi connectivity index (χ0) is 14.5. The summed E-state index contributed by atoms with van der Waals surface area (Å²) in [5.74, 6) is -1.12. The van der Waals surface area contributed by atoms with Crippen molar-refractivity contribution >= 4 is 29.1 Å². The standard InChI is InChI=1S/C12H11Cl2FN4O/c13-9-5-10(14)11(15)4-8(9)12(20)17-2-1-3-19-7-16-6-18-19/h4-7H,1-3H2,(H,17,20). The zero-order valence-electron chi connectivity index (χ0n) is 10.3. The first-order valence-electron chi connectivity index (χ1n) is 5.83. The van der Waals surface area contributed by atoms with Crippen molar-refractivity contribution in [1.29, 1.82) is 0 Å². The Labute approximate surface area is 124 Å². The van der Waals surface area contributed by atoms with Crippen LogP contribution in [0.1, 0.15) is 16.8 Å². The van der Waals surface area contributed by atoms with E-state index in [2.05, 4.69) is 15.4 Å². The monoisotopic (exact) mass is 316 g/mol. The van der Waals surface area contributed by atoms with Crippen molar-refractivity contribution in [3.63, 3.8) is 0 Å². The molecule has 1 aromatic carbocycles. The van der Waals surface area contributed by atoms with E-state index in [1.165, 1.54) is 12.4 Å². The summed E-state index contributed by atoms with van der Waals surface area (Å²) in [6, 6.07) is 2.24. The molecule has 2 aromatic rings. The van der Waals surface area contributed by atoms with Gasteiger partial charge in [-0.15, -0.1) is 0 Å². The van der Waals surface area contributed by atoms with Crippen molar-refractivity contribution in [2.24, 2.45) is 0 Å². The summed E-state index contributed by atoms with van der Waals surface area (Å²) in [6.45, 7) is 1.04. The summed E-state index contributed by atoms with van der Waals surface area (Å²) >= 11 is 11.4. The lowest BCUT2D eigenvalue weighted by Gasteiger charge is -2.07. The van der Waals surface area contributed by atoms with Gasteiger partial charge in [0.05, 0.1) is 15.6 Å². The Kier molecular flexibility index (Phi) is 4.92. The predicted octanol–water partition coefficient (Wildman–Crippen LogP) is 2.54. The molecule has 0 unspecified atom stereocenters. The van der Waals surface area contributed by atoms with E-state index in [1.807, 2.05) is 0 Å². The highest BCUT2D eigenvalue weighted by molar-refractivity contribution is 6.36. The van der Waals surface area contributed by atoms with Crippen molar-refractivity contribution < 1.29 is 9.18 Å². The van der Waals surface area contributed by atoms with Crippen molar-refractivity contribution in [1.82, 2.24) is 20.1 Å². The number of carbonyl (C=O) groups excluding carboxylic acids is 1. The van der Waals surface area contributed by atoms with Crippen LogP contribution in [0, 0.1) is 5.82 Å². The highest BCUT2D eigenvalue weighted by Crippen LogP contribution is 2.24. The van der Waals surface area contributed by atoms with Crippen LogP contribution >= 0.6 is 23.2 Å². The van der Waals surface area contributed by atoms with Crippen molar-refractivity contribution in [3.8, 4) is 0 Å². The first-order valence-corrected chi connectivity index (χ1v) is 6.58. The maximum absolute atomic E-state index is 13.3. The molecular weight excluding hydrogens is 306 g/mol. The highest BCUT2D eigenvalue weighted by atomic mass is 35.5. The minimum Gasteiger partial charge on any atom is -0.352 e. The maximum Gasteiger partial charge on any atom is 0.252 e. The number of nitrogens with zero attached hydrogens (tertiary/aromatic N) is 3. The molecular formula is C12H11Cl2FN4O. The fraction of sp³-hybridized carbons (Fsp3) is 0.250. The molecule has 5 nitrogen and oxygen atoms in total. The van der Waals surface area contributed by atoms with E-state index in [4.69, 9.17) is 23.2 Å². The van der Waals surface area contributed by atoms with E-state index in [1.54, 1.807) is 11.0 Å². The Morgan fingerprint density at radius 1 is 1.35 bits per heavy atom. The number of aromatic nitrogens is 3. The first kappa shape index (κ1) is 14.7. The number of carbonyl (C=O) groups is 1. The van der Waals surface area contributed by atoms with Crippen LogP contribution in [0.2, 0.25) is 10.0 Å². The fourth-order valence-electron chi connectivity index (χ4n) is 1.58. The predicted molar refractivity (Wildman–Crippen MR) is 73.4 cm³/mol. The van der Waals surface area contributed by atoms with Crippen LogP contribution in [0.3, 0.4) is 0 Å². The molecule has 1 aromatic heterocycles. The highest BCUT2D eigenvalue weighted by Gasteiger charge is 2.13. The van der Waals surface area contributed by atoms with Gasteiger partial charge in [-0.25, -0.2) is 9.37 Å². The van der Waals surface area contributed by atoms with Crippen LogP contribution < -0.4 is 5.32 Å². The molecule has 0 saturated carbocycles. The van der Waals surface area contributed by atoms with E-state index in [0.29, 0.717) is 19.5 Å². The average molecular weight is 317 g/mol. The van der Waals surface area contributed by atoms with Gasteiger partial charge in [0.15, 0.2) is 0 Å². The van der Waals surface area contributed by atoms with Crippen LogP contribution in [-0.4, -0.2) is 27.2 Å². The number of amides is 1. The Morgan fingerprint density at radius 3 is 2.85 bits per heavy atom. The molecule has 0 spiro atoms. The largest absolute Gasteiger partial charge is 0.352 e. The molecule has 0 aliphatic heterocycles. The molecule has 0 aliphatic rings. The van der Waals surface area contributed by atoms with Crippen LogP contribution in [0.4, 0.5) is 4.39 Å². The molecule has 8 heteroatoms. The Morgan fingerprint density at radius 2 is 2.15 bits per heavy atom.